The Morgan fingerprint density at radius 2 is 1.76 bits per heavy atom. The number of rotatable bonds is 8. The quantitative estimate of drug-likeness (QED) is 0.642. The molecule has 0 heterocycles. The Hall–Kier alpha value is -2.99. The van der Waals surface area contributed by atoms with Crippen molar-refractivity contribution in [3.05, 3.63) is 65.7 Å². The Kier molecular flexibility index (Phi) is 6.42. The lowest BCUT2D eigenvalue weighted by Crippen LogP contribution is -2.39. The molecule has 0 aromatic heterocycles. The minimum Gasteiger partial charge on any atom is -0.480 e. The molecule has 1 atom stereocenters. The summed E-state index contributed by atoms with van der Waals surface area (Å²) in [5.74, 6) is -1.64. The van der Waals surface area contributed by atoms with Gasteiger partial charge >= 0.3 is 5.97 Å². The summed E-state index contributed by atoms with van der Waals surface area (Å²) in [6.45, 7) is 1.79. The van der Waals surface area contributed by atoms with E-state index in [0.29, 0.717) is 17.8 Å². The second-order valence-electron chi connectivity index (χ2n) is 5.65. The zero-order chi connectivity index (χ0) is 18.2. The van der Waals surface area contributed by atoms with Gasteiger partial charge in [0, 0.05) is 17.8 Å². The second kappa shape index (κ2) is 8.75. The summed E-state index contributed by atoms with van der Waals surface area (Å²) in [5.41, 5.74) is 1.88. The molecule has 25 heavy (non-hydrogen) atoms. The summed E-state index contributed by atoms with van der Waals surface area (Å²) in [6.07, 6.45) is -0.216. The number of anilines is 1. The van der Waals surface area contributed by atoms with Crippen LogP contribution in [-0.2, 0) is 16.1 Å². The summed E-state index contributed by atoms with van der Waals surface area (Å²) < 4.78 is 0. The van der Waals surface area contributed by atoms with Crippen molar-refractivity contribution in [2.75, 3.05) is 5.32 Å². The minimum absolute atomic E-state index is 0.107. The van der Waals surface area contributed by atoms with Gasteiger partial charge in [-0.1, -0.05) is 42.5 Å². The van der Waals surface area contributed by atoms with E-state index in [1.54, 1.807) is 24.3 Å². The summed E-state index contributed by atoms with van der Waals surface area (Å²) >= 11 is 0. The zero-order valence-electron chi connectivity index (χ0n) is 13.9. The van der Waals surface area contributed by atoms with Crippen molar-refractivity contribution < 1.29 is 19.5 Å². The Balaban J connectivity index is 1.94. The molecule has 0 radical (unpaired) electrons. The Morgan fingerprint density at radius 1 is 1.04 bits per heavy atom. The van der Waals surface area contributed by atoms with Gasteiger partial charge in [-0.2, -0.15) is 0 Å². The van der Waals surface area contributed by atoms with Crippen molar-refractivity contribution in [2.45, 2.75) is 25.9 Å². The maximum atomic E-state index is 12.1. The number of carbonyl (C=O) groups excluding carboxylic acids is 2. The van der Waals surface area contributed by atoms with Crippen LogP contribution in [0.1, 0.15) is 29.3 Å². The topological polar surface area (TPSA) is 95.5 Å². The largest absolute Gasteiger partial charge is 0.480 e. The van der Waals surface area contributed by atoms with Crippen molar-refractivity contribution in [3.63, 3.8) is 0 Å². The molecule has 0 unspecified atom stereocenters. The number of carbonyl (C=O) groups is 3. The van der Waals surface area contributed by atoms with Crippen molar-refractivity contribution in [1.29, 1.82) is 0 Å². The number of carboxylic acids is 1. The van der Waals surface area contributed by atoms with E-state index < -0.39 is 17.9 Å². The zero-order valence-corrected chi connectivity index (χ0v) is 13.9. The van der Waals surface area contributed by atoms with Crippen LogP contribution in [0.25, 0.3) is 0 Å². The molecule has 3 N–H and O–H groups in total. The number of hydrogen-bond donors (Lipinski definition) is 3. The monoisotopic (exact) mass is 340 g/mol. The highest BCUT2D eigenvalue weighted by Gasteiger charge is 2.20. The van der Waals surface area contributed by atoms with E-state index in [2.05, 4.69) is 10.6 Å². The first-order valence-electron chi connectivity index (χ1n) is 7.86. The molecule has 2 aromatic carbocycles. The number of carboxylic acid groups (broad SMARTS) is 1. The Morgan fingerprint density at radius 3 is 2.40 bits per heavy atom. The lowest BCUT2D eigenvalue weighted by molar-refractivity contribution is -0.141. The molecular weight excluding hydrogens is 320 g/mol. The van der Waals surface area contributed by atoms with Gasteiger partial charge in [-0.15, -0.1) is 0 Å². The number of benzene rings is 2. The molecule has 0 bridgehead atoms. The summed E-state index contributed by atoms with van der Waals surface area (Å²) in [4.78, 5) is 34.9. The van der Waals surface area contributed by atoms with Gasteiger partial charge < -0.3 is 10.4 Å². The molecule has 130 valence electrons. The minimum atomic E-state index is -1.09. The fourth-order valence-electron chi connectivity index (χ4n) is 2.30. The molecule has 0 aliphatic rings. The fourth-order valence-corrected chi connectivity index (χ4v) is 2.30. The van der Waals surface area contributed by atoms with Gasteiger partial charge in [0.1, 0.15) is 6.04 Å². The number of Topliss-reactive ketones (excluding diaryl/α,β-unsaturated/α-hetero) is 1. The van der Waals surface area contributed by atoms with Gasteiger partial charge in [0.15, 0.2) is 5.78 Å². The third-order valence-corrected chi connectivity index (χ3v) is 3.64. The lowest BCUT2D eigenvalue weighted by Gasteiger charge is -2.14. The van der Waals surface area contributed by atoms with Gasteiger partial charge in [0.25, 0.3) is 0 Å². The normalized spacial score (nSPS) is 11.6. The number of amides is 1. The third kappa shape index (κ3) is 5.86. The molecule has 6 nitrogen and oxygen atoms in total. The molecule has 1 amide bonds. The van der Waals surface area contributed by atoms with Crippen LogP contribution in [0.5, 0.6) is 0 Å². The Bertz CT molecular complexity index is 759. The highest BCUT2D eigenvalue weighted by atomic mass is 16.4. The molecule has 0 aliphatic heterocycles. The molecule has 2 rings (SSSR count). The van der Waals surface area contributed by atoms with E-state index >= 15 is 0 Å². The van der Waals surface area contributed by atoms with Gasteiger partial charge in [-0.05, 0) is 24.6 Å². The van der Waals surface area contributed by atoms with Crippen molar-refractivity contribution in [2.24, 2.45) is 0 Å². The van der Waals surface area contributed by atoms with Crippen LogP contribution in [0.3, 0.4) is 0 Å². The molecule has 0 spiro atoms. The Labute approximate surface area is 145 Å². The van der Waals surface area contributed by atoms with Crippen LogP contribution in [0.2, 0.25) is 0 Å². The molecule has 0 saturated carbocycles. The number of hydrogen-bond acceptors (Lipinski definition) is 4. The summed E-state index contributed by atoms with van der Waals surface area (Å²) in [7, 11) is 0. The maximum absolute atomic E-state index is 12.1. The SMILES string of the molecule is CC(=O)c1cccc(NC(=O)C[C@@H](NCc2ccccc2)C(=O)O)c1. The average Bonchev–Trinajstić information content (AvgIpc) is 2.59. The maximum Gasteiger partial charge on any atom is 0.321 e. The predicted octanol–water partition coefficient (Wildman–Crippen LogP) is 2.46. The second-order valence-corrected chi connectivity index (χ2v) is 5.65. The predicted molar refractivity (Wildman–Crippen MR) is 94.4 cm³/mol. The molecule has 0 fully saturated rings. The van der Waals surface area contributed by atoms with E-state index in [-0.39, 0.29) is 12.2 Å². The van der Waals surface area contributed by atoms with Crippen LogP contribution in [0.4, 0.5) is 5.69 Å². The van der Waals surface area contributed by atoms with E-state index in [0.717, 1.165) is 5.56 Å². The van der Waals surface area contributed by atoms with E-state index in [1.807, 2.05) is 30.3 Å². The highest BCUT2D eigenvalue weighted by Crippen LogP contribution is 2.12. The number of aliphatic carboxylic acids is 1. The molecular formula is C19H20N2O4. The van der Waals surface area contributed by atoms with Crippen LogP contribution in [0, 0.1) is 0 Å². The standard InChI is InChI=1S/C19H20N2O4/c1-13(22)15-8-5-9-16(10-15)21-18(23)11-17(19(24)25)20-12-14-6-3-2-4-7-14/h2-10,17,20H,11-12H2,1H3,(H,21,23)(H,24,25)/t17-/m1/s1. The van der Waals surface area contributed by atoms with Gasteiger partial charge in [0.05, 0.1) is 6.42 Å². The van der Waals surface area contributed by atoms with Crippen LogP contribution in [-0.4, -0.2) is 28.8 Å². The summed E-state index contributed by atoms with van der Waals surface area (Å²) in [6, 6.07) is 14.9. The first-order chi connectivity index (χ1) is 12.0. The fraction of sp³-hybridized carbons (Fsp3) is 0.211. The van der Waals surface area contributed by atoms with Gasteiger partial charge in [-0.25, -0.2) is 0 Å². The van der Waals surface area contributed by atoms with Crippen LogP contribution in [0.15, 0.2) is 54.6 Å². The van der Waals surface area contributed by atoms with Crippen LogP contribution < -0.4 is 10.6 Å². The third-order valence-electron chi connectivity index (χ3n) is 3.64. The first kappa shape index (κ1) is 18.4. The first-order valence-corrected chi connectivity index (χ1v) is 7.86. The summed E-state index contributed by atoms with van der Waals surface area (Å²) in [5, 5.41) is 14.8. The van der Waals surface area contributed by atoms with E-state index in [9.17, 15) is 19.5 Å². The molecule has 2 aromatic rings. The molecule has 0 saturated heterocycles. The highest BCUT2D eigenvalue weighted by molar-refractivity contribution is 5.98. The van der Waals surface area contributed by atoms with Crippen LogP contribution >= 0.6 is 0 Å². The van der Waals surface area contributed by atoms with Gasteiger partial charge in [0.2, 0.25) is 5.91 Å². The smallest absolute Gasteiger partial charge is 0.321 e. The van der Waals surface area contributed by atoms with Gasteiger partial charge in [-0.3, -0.25) is 19.7 Å². The lowest BCUT2D eigenvalue weighted by atomic mass is 10.1. The van der Waals surface area contributed by atoms with E-state index in [4.69, 9.17) is 0 Å². The van der Waals surface area contributed by atoms with E-state index in [1.165, 1.54) is 6.92 Å². The number of ketones is 1. The van der Waals surface area contributed by atoms with Crippen molar-refractivity contribution >= 4 is 23.3 Å². The van der Waals surface area contributed by atoms with Crippen molar-refractivity contribution in [3.8, 4) is 0 Å². The van der Waals surface area contributed by atoms with Crippen molar-refractivity contribution in [1.82, 2.24) is 5.32 Å². The molecule has 0 aliphatic carbocycles. The molecule has 6 heteroatoms. The average molecular weight is 340 g/mol. The number of nitrogens with one attached hydrogen (secondary N) is 2.